The summed E-state index contributed by atoms with van der Waals surface area (Å²) >= 11 is 0. The van der Waals surface area contributed by atoms with Crippen LogP contribution in [0.3, 0.4) is 0 Å². The lowest BCUT2D eigenvalue weighted by molar-refractivity contribution is -0.242. The van der Waals surface area contributed by atoms with Crippen molar-refractivity contribution in [1.29, 1.82) is 0 Å². The molecule has 0 aromatic heterocycles. The number of ether oxygens (including phenoxy) is 1. The van der Waals surface area contributed by atoms with Gasteiger partial charge in [0.05, 0.1) is 0 Å². The summed E-state index contributed by atoms with van der Waals surface area (Å²) in [6.07, 6.45) is 6.83. The van der Waals surface area contributed by atoms with Gasteiger partial charge in [-0.05, 0) is 24.3 Å². The number of rotatable bonds is 4. The van der Waals surface area contributed by atoms with E-state index >= 15 is 0 Å². The maximum absolute atomic E-state index is 11.2. The summed E-state index contributed by atoms with van der Waals surface area (Å²) in [5, 5.41) is 2.05. The molecular formula is C18H25NO3. The van der Waals surface area contributed by atoms with E-state index in [1.54, 1.807) is 0 Å². The summed E-state index contributed by atoms with van der Waals surface area (Å²) in [5.41, 5.74) is 1.23. The van der Waals surface area contributed by atoms with Gasteiger partial charge in [0, 0.05) is 25.9 Å². The van der Waals surface area contributed by atoms with Crippen molar-refractivity contribution in [2.24, 2.45) is 5.92 Å². The summed E-state index contributed by atoms with van der Waals surface area (Å²) in [6.45, 7) is 2.19. The van der Waals surface area contributed by atoms with Gasteiger partial charge >= 0.3 is 5.97 Å². The lowest BCUT2D eigenvalue weighted by Gasteiger charge is -2.31. The number of hydrogen-bond donors (Lipinski definition) is 0. The zero-order valence-corrected chi connectivity index (χ0v) is 13.2. The minimum atomic E-state index is -0.423. The van der Waals surface area contributed by atoms with E-state index in [9.17, 15) is 4.79 Å². The molecule has 2 aliphatic rings. The average Bonchev–Trinajstić information content (AvgIpc) is 2.91. The zero-order chi connectivity index (χ0) is 15.4. The molecule has 1 aliphatic carbocycles. The standard InChI is InChI=1S/C18H25NO3/c1-14(20)21-18-12-17(16-10-6-3-7-11-16)19(22-18)13-15-8-4-2-5-9-15/h2,4-5,8-9,16-18H,3,6-7,10-13H2,1H3. The fourth-order valence-electron chi connectivity index (χ4n) is 3.71. The molecule has 0 radical (unpaired) electrons. The van der Waals surface area contributed by atoms with Gasteiger partial charge in [-0.2, -0.15) is 5.06 Å². The maximum Gasteiger partial charge on any atom is 0.304 e. The molecule has 1 saturated heterocycles. The van der Waals surface area contributed by atoms with E-state index in [4.69, 9.17) is 9.57 Å². The molecule has 0 bridgehead atoms. The van der Waals surface area contributed by atoms with Crippen LogP contribution in [0, 0.1) is 5.92 Å². The van der Waals surface area contributed by atoms with Gasteiger partial charge in [-0.25, -0.2) is 0 Å². The first-order valence-corrected chi connectivity index (χ1v) is 8.37. The first-order valence-electron chi connectivity index (χ1n) is 8.37. The van der Waals surface area contributed by atoms with Crippen LogP contribution in [0.4, 0.5) is 0 Å². The van der Waals surface area contributed by atoms with Crippen molar-refractivity contribution >= 4 is 5.97 Å². The number of hydrogen-bond acceptors (Lipinski definition) is 4. The number of carbonyl (C=O) groups excluding carboxylic acids is 1. The Morgan fingerprint density at radius 3 is 2.64 bits per heavy atom. The highest BCUT2D eigenvalue weighted by atomic mass is 16.8. The minimum Gasteiger partial charge on any atom is -0.434 e. The molecule has 0 N–H and O–H groups in total. The highest BCUT2D eigenvalue weighted by molar-refractivity contribution is 5.66. The summed E-state index contributed by atoms with van der Waals surface area (Å²) < 4.78 is 5.30. The number of benzene rings is 1. The van der Waals surface area contributed by atoms with E-state index in [0.717, 1.165) is 13.0 Å². The Balaban J connectivity index is 1.69. The predicted octanol–water partition coefficient (Wildman–Crippen LogP) is 3.66. The summed E-state index contributed by atoms with van der Waals surface area (Å²) in [7, 11) is 0. The Morgan fingerprint density at radius 1 is 1.23 bits per heavy atom. The summed E-state index contributed by atoms with van der Waals surface area (Å²) in [6, 6.07) is 10.7. The van der Waals surface area contributed by atoms with Crippen LogP contribution >= 0.6 is 0 Å². The van der Waals surface area contributed by atoms with Gasteiger partial charge < -0.3 is 4.74 Å². The quantitative estimate of drug-likeness (QED) is 0.796. The van der Waals surface area contributed by atoms with E-state index in [-0.39, 0.29) is 5.97 Å². The Kier molecular flexibility index (Phi) is 5.11. The van der Waals surface area contributed by atoms with Crippen LogP contribution in [0.25, 0.3) is 0 Å². The van der Waals surface area contributed by atoms with E-state index in [2.05, 4.69) is 17.2 Å². The second kappa shape index (κ2) is 7.25. The molecule has 22 heavy (non-hydrogen) atoms. The Labute approximate surface area is 132 Å². The third-order valence-corrected chi connectivity index (χ3v) is 4.73. The Hall–Kier alpha value is -1.39. The third-order valence-electron chi connectivity index (χ3n) is 4.73. The third kappa shape index (κ3) is 3.87. The topological polar surface area (TPSA) is 38.8 Å². The molecular weight excluding hydrogens is 278 g/mol. The molecule has 1 aromatic carbocycles. The monoisotopic (exact) mass is 303 g/mol. The first kappa shape index (κ1) is 15.5. The van der Waals surface area contributed by atoms with Crippen molar-refractivity contribution in [2.75, 3.05) is 0 Å². The molecule has 0 amide bonds. The van der Waals surface area contributed by atoms with Crippen LogP contribution in [0.2, 0.25) is 0 Å². The molecule has 2 unspecified atom stereocenters. The molecule has 120 valence electrons. The molecule has 1 aliphatic heterocycles. The Morgan fingerprint density at radius 2 is 1.95 bits per heavy atom. The fourth-order valence-corrected chi connectivity index (χ4v) is 3.71. The van der Waals surface area contributed by atoms with E-state index in [1.807, 2.05) is 18.2 Å². The number of carbonyl (C=O) groups is 1. The van der Waals surface area contributed by atoms with Crippen LogP contribution in [0.5, 0.6) is 0 Å². The van der Waals surface area contributed by atoms with Crippen LogP contribution in [-0.4, -0.2) is 23.4 Å². The van der Waals surface area contributed by atoms with Crippen LogP contribution in [0.1, 0.15) is 51.0 Å². The van der Waals surface area contributed by atoms with Gasteiger partial charge in [0.2, 0.25) is 6.29 Å². The van der Waals surface area contributed by atoms with Gasteiger partial charge in [-0.15, -0.1) is 0 Å². The van der Waals surface area contributed by atoms with Crippen LogP contribution in [0.15, 0.2) is 30.3 Å². The molecule has 2 atom stereocenters. The van der Waals surface area contributed by atoms with Crippen molar-refractivity contribution in [3.8, 4) is 0 Å². The van der Waals surface area contributed by atoms with E-state index < -0.39 is 6.29 Å². The molecule has 4 heteroatoms. The van der Waals surface area contributed by atoms with E-state index in [0.29, 0.717) is 12.0 Å². The highest BCUT2D eigenvalue weighted by Crippen LogP contribution is 2.36. The highest BCUT2D eigenvalue weighted by Gasteiger charge is 2.40. The van der Waals surface area contributed by atoms with Gasteiger partial charge in [-0.3, -0.25) is 9.63 Å². The smallest absolute Gasteiger partial charge is 0.304 e. The average molecular weight is 303 g/mol. The maximum atomic E-state index is 11.2. The van der Waals surface area contributed by atoms with Crippen molar-refractivity contribution in [1.82, 2.24) is 5.06 Å². The van der Waals surface area contributed by atoms with Crippen molar-refractivity contribution in [3.63, 3.8) is 0 Å². The molecule has 4 nitrogen and oxygen atoms in total. The lowest BCUT2D eigenvalue weighted by Crippen LogP contribution is -2.35. The predicted molar refractivity (Wildman–Crippen MR) is 83.6 cm³/mol. The Bertz CT molecular complexity index is 484. The van der Waals surface area contributed by atoms with E-state index in [1.165, 1.54) is 44.6 Å². The van der Waals surface area contributed by atoms with Crippen LogP contribution in [-0.2, 0) is 20.9 Å². The lowest BCUT2D eigenvalue weighted by atomic mass is 9.82. The van der Waals surface area contributed by atoms with Crippen molar-refractivity contribution in [3.05, 3.63) is 35.9 Å². The van der Waals surface area contributed by atoms with Crippen molar-refractivity contribution in [2.45, 2.75) is 64.3 Å². The fraction of sp³-hybridized carbons (Fsp3) is 0.611. The number of esters is 1. The first-order chi connectivity index (χ1) is 10.7. The molecule has 0 spiro atoms. The zero-order valence-electron chi connectivity index (χ0n) is 13.2. The van der Waals surface area contributed by atoms with Gasteiger partial charge in [0.25, 0.3) is 0 Å². The normalized spacial score (nSPS) is 27.0. The molecule has 1 saturated carbocycles. The van der Waals surface area contributed by atoms with Gasteiger partial charge in [0.1, 0.15) is 0 Å². The second-order valence-electron chi connectivity index (χ2n) is 6.41. The molecule has 1 heterocycles. The summed E-state index contributed by atoms with van der Waals surface area (Å²) in [5.74, 6) is 0.381. The number of hydroxylamine groups is 2. The SMILES string of the molecule is CC(=O)OC1CC(C2CCCCC2)N(Cc2ccccc2)O1. The van der Waals surface area contributed by atoms with Crippen molar-refractivity contribution < 1.29 is 14.4 Å². The molecule has 2 fully saturated rings. The largest absolute Gasteiger partial charge is 0.434 e. The second-order valence-corrected chi connectivity index (χ2v) is 6.41. The molecule has 3 rings (SSSR count). The van der Waals surface area contributed by atoms with Gasteiger partial charge in [0.15, 0.2) is 0 Å². The van der Waals surface area contributed by atoms with Crippen LogP contribution < -0.4 is 0 Å². The molecule has 1 aromatic rings. The summed E-state index contributed by atoms with van der Waals surface area (Å²) in [4.78, 5) is 17.2. The van der Waals surface area contributed by atoms with Gasteiger partial charge in [-0.1, -0.05) is 49.6 Å². The number of nitrogens with zero attached hydrogens (tertiary/aromatic N) is 1. The minimum absolute atomic E-state index is 0.269.